The van der Waals surface area contributed by atoms with Crippen LogP contribution in [0.5, 0.6) is 0 Å². The summed E-state index contributed by atoms with van der Waals surface area (Å²) < 4.78 is 0. The highest BCUT2D eigenvalue weighted by Crippen LogP contribution is 2.24. The summed E-state index contributed by atoms with van der Waals surface area (Å²) in [4.78, 5) is 17.0. The Morgan fingerprint density at radius 2 is 1.95 bits per heavy atom. The minimum Gasteiger partial charge on any atom is -0.384 e. The number of pyridine rings is 1. The molecule has 1 aliphatic rings. The Kier molecular flexibility index (Phi) is 2.71. The van der Waals surface area contributed by atoms with E-state index in [9.17, 15) is 4.79 Å². The molecule has 0 radical (unpaired) electrons. The monoisotopic (exact) mass is 274 g/mol. The van der Waals surface area contributed by atoms with Crippen molar-refractivity contribution in [2.45, 2.75) is 6.42 Å². The molecule has 0 saturated carbocycles. The van der Waals surface area contributed by atoms with Crippen molar-refractivity contribution in [3.8, 4) is 0 Å². The largest absolute Gasteiger partial charge is 0.384 e. The quantitative estimate of drug-likeness (QED) is 0.728. The lowest BCUT2D eigenvalue weighted by molar-refractivity contribution is 0.103. The molecule has 4 rings (SSSR count). The Labute approximate surface area is 122 Å². The van der Waals surface area contributed by atoms with Gasteiger partial charge in [0.2, 0.25) is 0 Å². The van der Waals surface area contributed by atoms with E-state index in [0.29, 0.717) is 5.56 Å². The van der Waals surface area contributed by atoms with Crippen LogP contribution in [0.25, 0.3) is 10.9 Å². The van der Waals surface area contributed by atoms with Crippen LogP contribution in [-0.4, -0.2) is 17.3 Å². The van der Waals surface area contributed by atoms with Gasteiger partial charge in [-0.15, -0.1) is 0 Å². The number of ketones is 1. The fourth-order valence-corrected chi connectivity index (χ4v) is 2.81. The van der Waals surface area contributed by atoms with Gasteiger partial charge in [0.1, 0.15) is 0 Å². The summed E-state index contributed by atoms with van der Waals surface area (Å²) in [6.07, 6.45) is 2.64. The van der Waals surface area contributed by atoms with Gasteiger partial charge >= 0.3 is 0 Å². The normalized spacial score (nSPS) is 13.0. The first-order valence-corrected chi connectivity index (χ1v) is 7.07. The van der Waals surface area contributed by atoms with Crippen LogP contribution in [0.2, 0.25) is 0 Å². The van der Waals surface area contributed by atoms with Crippen molar-refractivity contribution in [2.75, 3.05) is 11.9 Å². The van der Waals surface area contributed by atoms with Crippen molar-refractivity contribution >= 4 is 22.4 Å². The number of nitrogens with one attached hydrogen (secondary N) is 1. The first-order chi connectivity index (χ1) is 10.3. The molecule has 21 heavy (non-hydrogen) atoms. The van der Waals surface area contributed by atoms with E-state index in [2.05, 4.69) is 10.3 Å². The van der Waals surface area contributed by atoms with Crippen molar-refractivity contribution in [1.82, 2.24) is 4.98 Å². The second-order valence-electron chi connectivity index (χ2n) is 5.29. The van der Waals surface area contributed by atoms with Crippen molar-refractivity contribution in [3.05, 3.63) is 71.4 Å². The molecule has 2 heterocycles. The summed E-state index contributed by atoms with van der Waals surface area (Å²) in [6, 6.07) is 15.6. The van der Waals surface area contributed by atoms with Gasteiger partial charge in [-0.25, -0.2) is 0 Å². The smallest absolute Gasteiger partial charge is 0.194 e. The molecule has 102 valence electrons. The molecule has 0 fully saturated rings. The number of aromatic nitrogens is 1. The molecule has 0 saturated heterocycles. The molecular formula is C18H14N2O. The zero-order valence-electron chi connectivity index (χ0n) is 11.5. The van der Waals surface area contributed by atoms with E-state index in [4.69, 9.17) is 0 Å². The lowest BCUT2D eigenvalue weighted by Gasteiger charge is -2.05. The minimum atomic E-state index is 0.0305. The molecule has 1 aromatic heterocycles. The van der Waals surface area contributed by atoms with E-state index < -0.39 is 0 Å². The van der Waals surface area contributed by atoms with Crippen LogP contribution < -0.4 is 5.32 Å². The topological polar surface area (TPSA) is 42.0 Å². The van der Waals surface area contributed by atoms with Gasteiger partial charge in [0.25, 0.3) is 0 Å². The van der Waals surface area contributed by atoms with Crippen molar-refractivity contribution in [1.29, 1.82) is 0 Å². The number of hydrogen-bond donors (Lipinski definition) is 1. The van der Waals surface area contributed by atoms with Gasteiger partial charge in [-0.2, -0.15) is 0 Å². The number of benzene rings is 2. The van der Waals surface area contributed by atoms with Gasteiger partial charge in [0.15, 0.2) is 5.78 Å². The van der Waals surface area contributed by atoms with Crippen LogP contribution in [0.1, 0.15) is 21.5 Å². The predicted octanol–water partition coefficient (Wildman–Crippen LogP) is 3.43. The van der Waals surface area contributed by atoms with Crippen LogP contribution in [-0.2, 0) is 6.42 Å². The molecule has 0 spiro atoms. The summed E-state index contributed by atoms with van der Waals surface area (Å²) >= 11 is 0. The van der Waals surface area contributed by atoms with E-state index in [1.807, 2.05) is 48.5 Å². The Balaban J connectivity index is 1.75. The lowest BCUT2D eigenvalue weighted by Crippen LogP contribution is -2.02. The SMILES string of the molecule is O=C(c1ccc2c(c1)CCN2)c1cnc2ccccc2c1. The maximum atomic E-state index is 12.6. The van der Waals surface area contributed by atoms with E-state index in [-0.39, 0.29) is 5.78 Å². The molecule has 0 bridgehead atoms. The van der Waals surface area contributed by atoms with Crippen LogP contribution >= 0.6 is 0 Å². The Hall–Kier alpha value is -2.68. The first-order valence-electron chi connectivity index (χ1n) is 7.07. The molecule has 2 aromatic carbocycles. The molecule has 0 atom stereocenters. The second-order valence-corrected chi connectivity index (χ2v) is 5.29. The molecular weight excluding hydrogens is 260 g/mol. The van der Waals surface area contributed by atoms with Gasteiger partial charge < -0.3 is 5.32 Å². The van der Waals surface area contributed by atoms with Crippen LogP contribution in [0.15, 0.2) is 54.7 Å². The second kappa shape index (κ2) is 4.70. The molecule has 0 amide bonds. The summed E-state index contributed by atoms with van der Waals surface area (Å²) in [5.41, 5.74) is 4.64. The van der Waals surface area contributed by atoms with Gasteiger partial charge in [0, 0.05) is 34.9 Å². The average molecular weight is 274 g/mol. The lowest BCUT2D eigenvalue weighted by atomic mass is 10.0. The zero-order chi connectivity index (χ0) is 14.2. The Bertz CT molecular complexity index is 855. The maximum absolute atomic E-state index is 12.6. The third-order valence-electron chi connectivity index (χ3n) is 3.93. The van der Waals surface area contributed by atoms with E-state index >= 15 is 0 Å². The third-order valence-corrected chi connectivity index (χ3v) is 3.93. The van der Waals surface area contributed by atoms with Crippen molar-refractivity contribution in [2.24, 2.45) is 0 Å². The van der Waals surface area contributed by atoms with Gasteiger partial charge in [-0.1, -0.05) is 18.2 Å². The molecule has 0 aliphatic carbocycles. The standard InChI is InChI=1S/C18H14N2O/c21-18(14-5-6-17-13(9-14)7-8-19-17)15-10-12-3-1-2-4-16(12)20-11-15/h1-6,9-11,19H,7-8H2. The summed E-state index contributed by atoms with van der Waals surface area (Å²) in [7, 11) is 0. The molecule has 0 unspecified atom stereocenters. The number of fused-ring (bicyclic) bond motifs is 2. The molecule has 3 aromatic rings. The first kappa shape index (κ1) is 12.1. The number of carbonyl (C=O) groups is 1. The zero-order valence-corrected chi connectivity index (χ0v) is 11.5. The van der Waals surface area contributed by atoms with Crippen molar-refractivity contribution < 1.29 is 4.79 Å². The summed E-state index contributed by atoms with van der Waals surface area (Å²) in [5, 5.41) is 4.30. The van der Waals surface area contributed by atoms with E-state index in [1.165, 1.54) is 5.56 Å². The minimum absolute atomic E-state index is 0.0305. The van der Waals surface area contributed by atoms with Crippen molar-refractivity contribution in [3.63, 3.8) is 0 Å². The average Bonchev–Trinajstić information content (AvgIpc) is 3.01. The molecule has 3 heteroatoms. The number of anilines is 1. The Morgan fingerprint density at radius 1 is 1.05 bits per heavy atom. The maximum Gasteiger partial charge on any atom is 0.194 e. The van der Waals surface area contributed by atoms with E-state index in [0.717, 1.165) is 35.1 Å². The number of para-hydroxylation sites is 1. The third kappa shape index (κ3) is 2.07. The Morgan fingerprint density at radius 3 is 2.90 bits per heavy atom. The van der Waals surface area contributed by atoms with Crippen LogP contribution in [0.4, 0.5) is 5.69 Å². The van der Waals surface area contributed by atoms with Gasteiger partial charge in [0.05, 0.1) is 5.52 Å². The highest BCUT2D eigenvalue weighted by molar-refractivity contribution is 6.10. The molecule has 1 aliphatic heterocycles. The number of carbonyl (C=O) groups excluding carboxylic acids is 1. The fraction of sp³-hybridized carbons (Fsp3) is 0.111. The van der Waals surface area contributed by atoms with E-state index in [1.54, 1.807) is 6.20 Å². The fourth-order valence-electron chi connectivity index (χ4n) is 2.81. The van der Waals surface area contributed by atoms with Crippen LogP contribution in [0, 0.1) is 0 Å². The highest BCUT2D eigenvalue weighted by atomic mass is 16.1. The van der Waals surface area contributed by atoms with Crippen LogP contribution in [0.3, 0.4) is 0 Å². The highest BCUT2D eigenvalue weighted by Gasteiger charge is 2.15. The number of nitrogens with zero attached hydrogens (tertiary/aromatic N) is 1. The number of hydrogen-bond acceptors (Lipinski definition) is 3. The summed E-state index contributed by atoms with van der Waals surface area (Å²) in [6.45, 7) is 0.949. The number of rotatable bonds is 2. The van der Waals surface area contributed by atoms with Gasteiger partial charge in [-0.05, 0) is 42.3 Å². The van der Waals surface area contributed by atoms with Gasteiger partial charge in [-0.3, -0.25) is 9.78 Å². The predicted molar refractivity (Wildman–Crippen MR) is 83.8 cm³/mol. The molecule has 3 nitrogen and oxygen atoms in total. The summed E-state index contributed by atoms with van der Waals surface area (Å²) in [5.74, 6) is 0.0305. The molecule has 1 N–H and O–H groups in total.